The minimum atomic E-state index is 0.0954. The second-order valence-electron chi connectivity index (χ2n) is 4.60. The fourth-order valence-corrected chi connectivity index (χ4v) is 2.07. The Balaban J connectivity index is 2.57. The van der Waals surface area contributed by atoms with Gasteiger partial charge in [-0.1, -0.05) is 56.3 Å². The van der Waals surface area contributed by atoms with E-state index in [0.29, 0.717) is 5.92 Å². The predicted octanol–water partition coefficient (Wildman–Crippen LogP) is 3.97. The summed E-state index contributed by atoms with van der Waals surface area (Å²) in [6.45, 7) is 4.49. The molecule has 1 N–H and O–H groups in total. The Morgan fingerprint density at radius 1 is 1.00 bits per heavy atom. The summed E-state index contributed by atoms with van der Waals surface area (Å²) in [5, 5.41) is 9.24. The highest BCUT2D eigenvalue weighted by Gasteiger charge is 2.09. The van der Waals surface area contributed by atoms with E-state index in [2.05, 4.69) is 38.1 Å². The molecule has 0 aliphatic heterocycles. The highest BCUT2D eigenvalue weighted by atomic mass is 16.3. The summed E-state index contributed by atoms with van der Waals surface area (Å²) >= 11 is 0. The van der Waals surface area contributed by atoms with Crippen LogP contribution in [0.2, 0.25) is 0 Å². The minimum Gasteiger partial charge on any atom is -0.392 e. The molecule has 0 aliphatic rings. The molecular weight excluding hydrogens is 208 g/mol. The Morgan fingerprint density at radius 2 is 1.71 bits per heavy atom. The highest BCUT2D eigenvalue weighted by molar-refractivity contribution is 5.68. The molecule has 2 aromatic carbocycles. The average Bonchev–Trinajstić information content (AvgIpc) is 2.39. The first-order chi connectivity index (χ1) is 8.22. The predicted molar refractivity (Wildman–Crippen MR) is 71.9 cm³/mol. The van der Waals surface area contributed by atoms with Gasteiger partial charge in [0, 0.05) is 0 Å². The van der Waals surface area contributed by atoms with Crippen LogP contribution >= 0.6 is 0 Å². The van der Waals surface area contributed by atoms with E-state index in [1.54, 1.807) is 0 Å². The molecule has 0 radical (unpaired) electrons. The van der Waals surface area contributed by atoms with Crippen LogP contribution in [-0.4, -0.2) is 5.11 Å². The number of aliphatic hydroxyl groups is 1. The monoisotopic (exact) mass is 226 g/mol. The second kappa shape index (κ2) is 5.15. The second-order valence-corrected chi connectivity index (χ2v) is 4.60. The molecule has 0 aromatic heterocycles. The number of aliphatic hydroxyl groups excluding tert-OH is 1. The minimum absolute atomic E-state index is 0.0954. The molecule has 88 valence electrons. The number of rotatable bonds is 3. The smallest absolute Gasteiger partial charge is 0.0682 e. The molecule has 0 saturated carbocycles. The van der Waals surface area contributed by atoms with Crippen LogP contribution < -0.4 is 0 Å². The quantitative estimate of drug-likeness (QED) is 0.839. The molecule has 0 fully saturated rings. The van der Waals surface area contributed by atoms with Crippen molar-refractivity contribution in [2.45, 2.75) is 26.4 Å². The van der Waals surface area contributed by atoms with Crippen LogP contribution in [0.4, 0.5) is 0 Å². The number of hydrogen-bond donors (Lipinski definition) is 1. The lowest BCUT2D eigenvalue weighted by Crippen LogP contribution is -1.94. The highest BCUT2D eigenvalue weighted by Crippen LogP contribution is 2.30. The van der Waals surface area contributed by atoms with Crippen molar-refractivity contribution in [3.05, 3.63) is 59.7 Å². The fourth-order valence-electron chi connectivity index (χ4n) is 2.07. The lowest BCUT2D eigenvalue weighted by molar-refractivity contribution is 0.282. The van der Waals surface area contributed by atoms with E-state index in [4.69, 9.17) is 0 Å². The zero-order chi connectivity index (χ0) is 12.3. The SMILES string of the molecule is CC(C)c1ccc(CO)cc1-c1ccccc1. The van der Waals surface area contributed by atoms with Crippen molar-refractivity contribution in [2.24, 2.45) is 0 Å². The van der Waals surface area contributed by atoms with E-state index in [0.717, 1.165) is 5.56 Å². The van der Waals surface area contributed by atoms with Gasteiger partial charge >= 0.3 is 0 Å². The van der Waals surface area contributed by atoms with Crippen molar-refractivity contribution in [1.29, 1.82) is 0 Å². The molecule has 1 heteroatoms. The van der Waals surface area contributed by atoms with Crippen molar-refractivity contribution >= 4 is 0 Å². The molecular formula is C16H18O. The molecule has 2 rings (SSSR count). The molecule has 0 amide bonds. The molecule has 0 atom stereocenters. The maximum Gasteiger partial charge on any atom is 0.0682 e. The molecule has 0 bridgehead atoms. The third-order valence-corrected chi connectivity index (χ3v) is 3.01. The van der Waals surface area contributed by atoms with E-state index >= 15 is 0 Å². The fraction of sp³-hybridized carbons (Fsp3) is 0.250. The summed E-state index contributed by atoms with van der Waals surface area (Å²) in [7, 11) is 0. The average molecular weight is 226 g/mol. The lowest BCUT2D eigenvalue weighted by Gasteiger charge is -2.14. The summed E-state index contributed by atoms with van der Waals surface area (Å²) < 4.78 is 0. The van der Waals surface area contributed by atoms with Gasteiger partial charge in [0.05, 0.1) is 6.61 Å². The van der Waals surface area contributed by atoms with E-state index in [1.165, 1.54) is 16.7 Å². The van der Waals surface area contributed by atoms with E-state index in [1.807, 2.05) is 24.3 Å². The van der Waals surface area contributed by atoms with Crippen LogP contribution in [0.1, 0.15) is 30.9 Å². The molecule has 0 heterocycles. The largest absolute Gasteiger partial charge is 0.392 e. The van der Waals surface area contributed by atoms with E-state index in [-0.39, 0.29) is 6.61 Å². The summed E-state index contributed by atoms with van der Waals surface area (Å²) in [5.41, 5.74) is 4.74. The van der Waals surface area contributed by atoms with Crippen molar-refractivity contribution in [1.82, 2.24) is 0 Å². The van der Waals surface area contributed by atoms with Crippen LogP contribution in [0.3, 0.4) is 0 Å². The van der Waals surface area contributed by atoms with Gasteiger partial charge in [-0.2, -0.15) is 0 Å². The molecule has 0 unspecified atom stereocenters. The van der Waals surface area contributed by atoms with Gasteiger partial charge in [-0.25, -0.2) is 0 Å². The van der Waals surface area contributed by atoms with Crippen LogP contribution in [-0.2, 0) is 6.61 Å². The van der Waals surface area contributed by atoms with Gasteiger partial charge in [0.25, 0.3) is 0 Å². The number of benzene rings is 2. The van der Waals surface area contributed by atoms with Gasteiger partial charge in [-0.05, 0) is 34.2 Å². The third kappa shape index (κ3) is 2.56. The zero-order valence-corrected chi connectivity index (χ0v) is 10.4. The molecule has 0 aliphatic carbocycles. The first-order valence-corrected chi connectivity index (χ1v) is 6.01. The van der Waals surface area contributed by atoms with Gasteiger partial charge in [0.1, 0.15) is 0 Å². The molecule has 0 spiro atoms. The van der Waals surface area contributed by atoms with E-state index < -0.39 is 0 Å². The Kier molecular flexibility index (Phi) is 3.60. The maximum absolute atomic E-state index is 9.24. The van der Waals surface area contributed by atoms with Crippen LogP contribution in [0.5, 0.6) is 0 Å². The summed E-state index contributed by atoms with van der Waals surface area (Å²) in [5.74, 6) is 0.484. The Bertz CT molecular complexity index is 486. The van der Waals surface area contributed by atoms with Crippen molar-refractivity contribution in [2.75, 3.05) is 0 Å². The lowest BCUT2D eigenvalue weighted by atomic mass is 9.91. The topological polar surface area (TPSA) is 20.2 Å². The zero-order valence-electron chi connectivity index (χ0n) is 10.4. The van der Waals surface area contributed by atoms with Gasteiger partial charge in [-0.15, -0.1) is 0 Å². The molecule has 17 heavy (non-hydrogen) atoms. The molecule has 1 nitrogen and oxygen atoms in total. The maximum atomic E-state index is 9.24. The van der Waals surface area contributed by atoms with Crippen molar-refractivity contribution in [3.8, 4) is 11.1 Å². The standard InChI is InChI=1S/C16H18O/c1-12(2)15-9-8-13(11-17)10-16(15)14-6-4-3-5-7-14/h3-10,12,17H,11H2,1-2H3. The van der Waals surface area contributed by atoms with Crippen molar-refractivity contribution < 1.29 is 5.11 Å². The van der Waals surface area contributed by atoms with E-state index in [9.17, 15) is 5.11 Å². The van der Waals surface area contributed by atoms with Crippen molar-refractivity contribution in [3.63, 3.8) is 0 Å². The molecule has 2 aromatic rings. The third-order valence-electron chi connectivity index (χ3n) is 3.01. The summed E-state index contributed by atoms with van der Waals surface area (Å²) in [4.78, 5) is 0. The van der Waals surface area contributed by atoms with Crippen LogP contribution in [0, 0.1) is 0 Å². The van der Waals surface area contributed by atoms with Gasteiger partial charge in [0.15, 0.2) is 0 Å². The Labute approximate surface area is 103 Å². The van der Waals surface area contributed by atoms with Crippen LogP contribution in [0.15, 0.2) is 48.5 Å². The normalized spacial score (nSPS) is 10.8. The van der Waals surface area contributed by atoms with Crippen LogP contribution in [0.25, 0.3) is 11.1 Å². The first-order valence-electron chi connectivity index (χ1n) is 6.01. The van der Waals surface area contributed by atoms with Gasteiger partial charge in [0.2, 0.25) is 0 Å². The summed E-state index contributed by atoms with van der Waals surface area (Å²) in [6, 6.07) is 16.6. The Morgan fingerprint density at radius 3 is 2.29 bits per heavy atom. The first kappa shape index (κ1) is 11.9. The summed E-state index contributed by atoms with van der Waals surface area (Å²) in [6.07, 6.45) is 0. The van der Waals surface area contributed by atoms with Gasteiger partial charge < -0.3 is 5.11 Å². The number of hydrogen-bond acceptors (Lipinski definition) is 1. The van der Waals surface area contributed by atoms with Gasteiger partial charge in [-0.3, -0.25) is 0 Å². The Hall–Kier alpha value is -1.60. The molecule has 0 saturated heterocycles.